The second-order valence-corrected chi connectivity index (χ2v) is 16.6. The van der Waals surface area contributed by atoms with Crippen LogP contribution in [-0.4, -0.2) is 67.5 Å². The maximum atomic E-state index is 14.0. The highest BCUT2D eigenvalue weighted by Gasteiger charge is 2.44. The highest BCUT2D eigenvalue weighted by atomic mass is 32.2. The average molecular weight is 695 g/mol. The van der Waals surface area contributed by atoms with Crippen molar-refractivity contribution in [2.45, 2.75) is 89.4 Å². The van der Waals surface area contributed by atoms with Gasteiger partial charge in [0.1, 0.15) is 11.9 Å². The zero-order chi connectivity index (χ0) is 36.0. The molecule has 0 unspecified atom stereocenters. The SMILES string of the molecule is Cc1ccc(S(=O)(=O)N(CC(C)C)C[C@@H](O)[C@H](Cc2ccccc2)NC(=O)[C@@H](NC(=O)CNC2(c3ccc(F)cc3)CC2)C(C)(C)C)cc1. The van der Waals surface area contributed by atoms with E-state index in [4.69, 9.17) is 0 Å². The molecule has 11 heteroatoms. The Kier molecular flexibility index (Phi) is 12.4. The van der Waals surface area contributed by atoms with E-state index in [0.29, 0.717) is 0 Å². The summed E-state index contributed by atoms with van der Waals surface area (Å²) < 4.78 is 42.3. The van der Waals surface area contributed by atoms with Crippen LogP contribution in [0.5, 0.6) is 0 Å². The first-order valence-electron chi connectivity index (χ1n) is 16.9. The summed E-state index contributed by atoms with van der Waals surface area (Å²) >= 11 is 0. The third kappa shape index (κ3) is 10.4. The van der Waals surface area contributed by atoms with Crippen LogP contribution in [0.15, 0.2) is 83.8 Å². The third-order valence-corrected chi connectivity index (χ3v) is 10.7. The van der Waals surface area contributed by atoms with Crippen molar-refractivity contribution in [1.82, 2.24) is 20.3 Å². The molecule has 1 fully saturated rings. The van der Waals surface area contributed by atoms with Crippen molar-refractivity contribution in [1.29, 1.82) is 0 Å². The van der Waals surface area contributed by atoms with Crippen molar-refractivity contribution in [3.63, 3.8) is 0 Å². The van der Waals surface area contributed by atoms with E-state index in [0.717, 1.165) is 29.5 Å². The van der Waals surface area contributed by atoms with E-state index in [2.05, 4.69) is 16.0 Å². The van der Waals surface area contributed by atoms with Gasteiger partial charge in [0, 0.05) is 18.6 Å². The Labute approximate surface area is 290 Å². The molecule has 3 aromatic rings. The monoisotopic (exact) mass is 694 g/mol. The Morgan fingerprint density at radius 3 is 2.08 bits per heavy atom. The standard InChI is InChI=1S/C38H51FN4O5S/c1-26(2)24-43(49(47,48)31-18-12-27(3)13-19-31)25-33(44)32(22-28-10-8-7-9-11-28)41-36(46)35(37(4,5)6)42-34(45)23-40-38(20-21-38)29-14-16-30(39)17-15-29/h7-19,26,32-33,35,40,44H,20-25H2,1-6H3,(H,41,46)(H,42,45)/t32-,33+,35+/m0/s1. The van der Waals surface area contributed by atoms with Crippen LogP contribution in [0.2, 0.25) is 0 Å². The fraction of sp³-hybridized carbons (Fsp3) is 0.474. The van der Waals surface area contributed by atoms with E-state index < -0.39 is 45.1 Å². The molecule has 0 aliphatic heterocycles. The van der Waals surface area contributed by atoms with E-state index in [1.165, 1.54) is 16.4 Å². The molecule has 4 rings (SSSR count). The predicted octanol–water partition coefficient (Wildman–Crippen LogP) is 4.68. The number of benzene rings is 3. The summed E-state index contributed by atoms with van der Waals surface area (Å²) in [4.78, 5) is 27.4. The molecule has 2 amide bonds. The molecule has 9 nitrogen and oxygen atoms in total. The fourth-order valence-corrected chi connectivity index (χ4v) is 7.51. The molecule has 0 heterocycles. The molecule has 49 heavy (non-hydrogen) atoms. The minimum atomic E-state index is -3.96. The van der Waals surface area contributed by atoms with Gasteiger partial charge < -0.3 is 15.7 Å². The largest absolute Gasteiger partial charge is 0.390 e. The molecule has 0 bridgehead atoms. The second kappa shape index (κ2) is 15.9. The summed E-state index contributed by atoms with van der Waals surface area (Å²) in [5.41, 5.74) is 1.57. The highest BCUT2D eigenvalue weighted by Crippen LogP contribution is 2.45. The number of aliphatic hydroxyl groups is 1. The number of nitrogens with zero attached hydrogens (tertiary/aromatic N) is 1. The van der Waals surface area contributed by atoms with Crippen LogP contribution in [0.1, 0.15) is 64.2 Å². The van der Waals surface area contributed by atoms with Crippen molar-refractivity contribution in [3.05, 3.63) is 101 Å². The topological polar surface area (TPSA) is 128 Å². The number of aliphatic hydroxyl groups excluding tert-OH is 1. The number of hydrogen-bond acceptors (Lipinski definition) is 6. The number of sulfonamides is 1. The van der Waals surface area contributed by atoms with E-state index >= 15 is 0 Å². The highest BCUT2D eigenvalue weighted by molar-refractivity contribution is 7.89. The Morgan fingerprint density at radius 1 is 0.918 bits per heavy atom. The fourth-order valence-electron chi connectivity index (χ4n) is 5.89. The normalized spacial score (nSPS) is 16.2. The summed E-state index contributed by atoms with van der Waals surface area (Å²) in [7, 11) is -3.96. The lowest BCUT2D eigenvalue weighted by Gasteiger charge is -2.34. The van der Waals surface area contributed by atoms with Crippen LogP contribution in [-0.2, 0) is 31.6 Å². The first-order chi connectivity index (χ1) is 23.0. The van der Waals surface area contributed by atoms with Crippen molar-refractivity contribution >= 4 is 21.8 Å². The van der Waals surface area contributed by atoms with E-state index in [1.807, 2.05) is 71.9 Å². The number of hydrogen-bond donors (Lipinski definition) is 4. The van der Waals surface area contributed by atoms with Gasteiger partial charge in [0.05, 0.1) is 23.6 Å². The lowest BCUT2D eigenvalue weighted by atomic mass is 9.85. The summed E-state index contributed by atoms with van der Waals surface area (Å²) in [5.74, 6) is -1.22. The molecular formula is C38H51FN4O5S. The number of nitrogens with one attached hydrogen (secondary N) is 3. The maximum absolute atomic E-state index is 14.0. The molecule has 0 saturated heterocycles. The molecule has 1 aliphatic rings. The molecule has 1 aliphatic carbocycles. The van der Waals surface area contributed by atoms with Gasteiger partial charge in [-0.3, -0.25) is 14.9 Å². The average Bonchev–Trinajstić information content (AvgIpc) is 3.83. The van der Waals surface area contributed by atoms with Gasteiger partial charge in [0.25, 0.3) is 0 Å². The van der Waals surface area contributed by atoms with Gasteiger partial charge in [-0.1, -0.05) is 94.8 Å². The first kappa shape index (κ1) is 38.2. The van der Waals surface area contributed by atoms with Crippen molar-refractivity contribution in [2.75, 3.05) is 19.6 Å². The van der Waals surface area contributed by atoms with E-state index in [-0.39, 0.29) is 48.6 Å². The smallest absolute Gasteiger partial charge is 0.243 e. The first-order valence-corrected chi connectivity index (χ1v) is 18.3. The zero-order valence-corrected chi connectivity index (χ0v) is 30.2. The Bertz CT molecular complexity index is 1650. The van der Waals surface area contributed by atoms with Crippen molar-refractivity contribution < 1.29 is 27.5 Å². The van der Waals surface area contributed by atoms with Crippen LogP contribution in [0.25, 0.3) is 0 Å². The number of aryl methyl sites for hydroxylation is 1. The van der Waals surface area contributed by atoms with E-state index in [9.17, 15) is 27.5 Å². The molecule has 0 spiro atoms. The van der Waals surface area contributed by atoms with Crippen molar-refractivity contribution in [2.24, 2.45) is 11.3 Å². The van der Waals surface area contributed by atoms with Gasteiger partial charge in [0.2, 0.25) is 21.8 Å². The molecule has 0 aromatic heterocycles. The second-order valence-electron chi connectivity index (χ2n) is 14.7. The lowest BCUT2D eigenvalue weighted by molar-refractivity contribution is -0.132. The molecule has 1 saturated carbocycles. The molecular weight excluding hydrogens is 644 g/mol. The molecule has 266 valence electrons. The summed E-state index contributed by atoms with van der Waals surface area (Å²) in [6.07, 6.45) is 0.579. The van der Waals surface area contributed by atoms with Crippen LogP contribution in [0, 0.1) is 24.1 Å². The minimum Gasteiger partial charge on any atom is -0.390 e. The zero-order valence-electron chi connectivity index (χ0n) is 29.4. The summed E-state index contributed by atoms with van der Waals surface area (Å²) in [6, 6.07) is 20.3. The molecule has 4 N–H and O–H groups in total. The van der Waals surface area contributed by atoms with Gasteiger partial charge >= 0.3 is 0 Å². The van der Waals surface area contributed by atoms with Gasteiger partial charge in [-0.05, 0) is 72.9 Å². The Morgan fingerprint density at radius 2 is 1.53 bits per heavy atom. The predicted molar refractivity (Wildman–Crippen MR) is 190 cm³/mol. The Hall–Kier alpha value is -3.64. The Balaban J connectivity index is 1.52. The van der Waals surface area contributed by atoms with Gasteiger partial charge in [-0.15, -0.1) is 0 Å². The third-order valence-electron chi connectivity index (χ3n) is 8.88. The minimum absolute atomic E-state index is 0.0264. The quantitative estimate of drug-likeness (QED) is 0.173. The van der Waals surface area contributed by atoms with Gasteiger partial charge in [-0.25, -0.2) is 12.8 Å². The molecule has 3 aromatic carbocycles. The molecule has 3 atom stereocenters. The van der Waals surface area contributed by atoms with Gasteiger partial charge in [0.15, 0.2) is 0 Å². The summed E-state index contributed by atoms with van der Waals surface area (Å²) in [6.45, 7) is 11.1. The number of rotatable bonds is 16. The van der Waals surface area contributed by atoms with Crippen molar-refractivity contribution in [3.8, 4) is 0 Å². The maximum Gasteiger partial charge on any atom is 0.243 e. The molecule has 0 radical (unpaired) electrons. The van der Waals surface area contributed by atoms with E-state index in [1.54, 1.807) is 36.4 Å². The van der Waals surface area contributed by atoms with Gasteiger partial charge in [-0.2, -0.15) is 4.31 Å². The lowest BCUT2D eigenvalue weighted by Crippen LogP contribution is -2.59. The van der Waals surface area contributed by atoms with Crippen LogP contribution < -0.4 is 16.0 Å². The number of carbonyl (C=O) groups excluding carboxylic acids is 2. The van der Waals surface area contributed by atoms with Crippen LogP contribution in [0.4, 0.5) is 4.39 Å². The van der Waals surface area contributed by atoms with Crippen LogP contribution >= 0.6 is 0 Å². The number of amides is 2. The number of halogens is 1. The van der Waals surface area contributed by atoms with Crippen LogP contribution in [0.3, 0.4) is 0 Å². The summed E-state index contributed by atoms with van der Waals surface area (Å²) in [5, 5.41) is 20.8. The number of carbonyl (C=O) groups is 2.